The van der Waals surface area contributed by atoms with Crippen LogP contribution < -0.4 is 5.32 Å². The normalized spacial score (nSPS) is 10.7. The Morgan fingerprint density at radius 2 is 2.12 bits per heavy atom. The van der Waals surface area contributed by atoms with Crippen LogP contribution in [0.5, 0.6) is 0 Å². The van der Waals surface area contributed by atoms with Crippen molar-refractivity contribution in [3.63, 3.8) is 0 Å². The number of aromatic nitrogens is 2. The maximum absolute atomic E-state index is 13.7. The Kier molecular flexibility index (Phi) is 5.45. The van der Waals surface area contributed by atoms with Gasteiger partial charge in [-0.3, -0.25) is 4.79 Å². The van der Waals surface area contributed by atoms with Crippen LogP contribution in [0.15, 0.2) is 51.5 Å². The number of rotatable bonds is 5. The van der Waals surface area contributed by atoms with Crippen molar-refractivity contribution in [2.45, 2.75) is 12.8 Å². The summed E-state index contributed by atoms with van der Waals surface area (Å²) in [4.78, 5) is 16.2. The van der Waals surface area contributed by atoms with Crippen LogP contribution in [0.2, 0.25) is 5.02 Å². The van der Waals surface area contributed by atoms with Gasteiger partial charge in [0.25, 0.3) is 0 Å². The predicted molar refractivity (Wildman–Crippen MR) is 95.8 cm³/mol. The first-order valence-electron chi connectivity index (χ1n) is 7.35. The van der Waals surface area contributed by atoms with Crippen molar-refractivity contribution in [3.8, 4) is 11.4 Å². The second-order valence-electron chi connectivity index (χ2n) is 5.19. The molecule has 1 amide bonds. The van der Waals surface area contributed by atoms with Crippen LogP contribution in [-0.4, -0.2) is 16.0 Å². The van der Waals surface area contributed by atoms with Gasteiger partial charge in [0.05, 0.1) is 5.69 Å². The van der Waals surface area contributed by atoms with E-state index in [1.165, 1.54) is 12.1 Å². The number of nitrogens with one attached hydrogen (secondary N) is 1. The summed E-state index contributed by atoms with van der Waals surface area (Å²) in [6.07, 6.45) is 0.338. The molecule has 5 nitrogen and oxygen atoms in total. The minimum absolute atomic E-state index is 0.0900. The van der Waals surface area contributed by atoms with Gasteiger partial charge in [-0.1, -0.05) is 44.8 Å². The highest BCUT2D eigenvalue weighted by atomic mass is 79.9. The molecule has 0 unspecified atom stereocenters. The lowest BCUT2D eigenvalue weighted by Gasteiger charge is -2.05. The molecule has 0 bridgehead atoms. The van der Waals surface area contributed by atoms with E-state index in [9.17, 15) is 9.18 Å². The molecule has 0 saturated carbocycles. The zero-order chi connectivity index (χ0) is 17.8. The van der Waals surface area contributed by atoms with Gasteiger partial charge in [0.2, 0.25) is 17.6 Å². The van der Waals surface area contributed by atoms with Crippen LogP contribution in [0.3, 0.4) is 0 Å². The number of carbonyl (C=O) groups excluding carboxylic acids is 1. The summed E-state index contributed by atoms with van der Waals surface area (Å²) in [5, 5.41) is 6.95. The summed E-state index contributed by atoms with van der Waals surface area (Å²) in [6, 6.07) is 11.5. The Bertz CT molecular complexity index is 916. The van der Waals surface area contributed by atoms with Gasteiger partial charge in [0, 0.05) is 27.9 Å². The minimum atomic E-state index is -0.510. The van der Waals surface area contributed by atoms with Gasteiger partial charge in [-0.2, -0.15) is 4.98 Å². The molecule has 0 radical (unpaired) electrons. The number of benzene rings is 2. The largest absolute Gasteiger partial charge is 0.339 e. The summed E-state index contributed by atoms with van der Waals surface area (Å²) in [6.45, 7) is 0. The highest BCUT2D eigenvalue weighted by Crippen LogP contribution is 2.21. The molecule has 0 aliphatic carbocycles. The maximum Gasteiger partial charge on any atom is 0.227 e. The van der Waals surface area contributed by atoms with Crippen LogP contribution in [0.1, 0.15) is 12.3 Å². The van der Waals surface area contributed by atoms with E-state index in [0.29, 0.717) is 21.2 Å². The predicted octanol–water partition coefficient (Wildman–Crippen LogP) is 4.86. The summed E-state index contributed by atoms with van der Waals surface area (Å²) < 4.78 is 19.4. The Labute approximate surface area is 156 Å². The van der Waals surface area contributed by atoms with Crippen LogP contribution in [0.25, 0.3) is 11.4 Å². The monoisotopic (exact) mass is 423 g/mol. The molecule has 25 heavy (non-hydrogen) atoms. The molecule has 1 aromatic heterocycles. The Balaban J connectivity index is 1.59. The molecule has 3 rings (SSSR count). The van der Waals surface area contributed by atoms with Crippen molar-refractivity contribution in [1.29, 1.82) is 0 Å². The van der Waals surface area contributed by atoms with E-state index in [1.54, 1.807) is 24.3 Å². The molecule has 128 valence electrons. The van der Waals surface area contributed by atoms with Crippen molar-refractivity contribution < 1.29 is 13.7 Å². The third kappa shape index (κ3) is 4.64. The lowest BCUT2D eigenvalue weighted by atomic mass is 10.2. The lowest BCUT2D eigenvalue weighted by molar-refractivity contribution is -0.116. The van der Waals surface area contributed by atoms with Gasteiger partial charge in [-0.15, -0.1) is 0 Å². The zero-order valence-electron chi connectivity index (χ0n) is 12.8. The molecule has 1 heterocycles. The number of anilines is 1. The van der Waals surface area contributed by atoms with Gasteiger partial charge in [0.15, 0.2) is 0 Å². The third-order valence-electron chi connectivity index (χ3n) is 3.32. The molecule has 0 aliphatic heterocycles. The first-order valence-corrected chi connectivity index (χ1v) is 8.52. The Morgan fingerprint density at radius 3 is 2.88 bits per heavy atom. The molecule has 2 aromatic carbocycles. The van der Waals surface area contributed by atoms with Gasteiger partial charge in [0.1, 0.15) is 5.82 Å². The Hall–Kier alpha value is -2.25. The molecule has 1 N–H and O–H groups in total. The van der Waals surface area contributed by atoms with E-state index in [1.807, 2.05) is 6.07 Å². The summed E-state index contributed by atoms with van der Waals surface area (Å²) in [5.74, 6) is -0.134. The van der Waals surface area contributed by atoms with E-state index < -0.39 is 5.82 Å². The number of carbonyl (C=O) groups is 1. The van der Waals surface area contributed by atoms with Crippen molar-refractivity contribution in [1.82, 2.24) is 10.1 Å². The fourth-order valence-corrected chi connectivity index (χ4v) is 2.65. The minimum Gasteiger partial charge on any atom is -0.339 e. The quantitative estimate of drug-likeness (QED) is 0.635. The lowest BCUT2D eigenvalue weighted by Crippen LogP contribution is -2.13. The highest BCUT2D eigenvalue weighted by Gasteiger charge is 2.12. The number of halogens is 3. The SMILES string of the molecule is O=C(CCc1nc(-c2cccc(Cl)c2)no1)Nc1ccc(Br)cc1F. The maximum atomic E-state index is 13.7. The smallest absolute Gasteiger partial charge is 0.227 e. The van der Waals surface area contributed by atoms with Gasteiger partial charge < -0.3 is 9.84 Å². The molecular weight excluding hydrogens is 413 g/mol. The second-order valence-corrected chi connectivity index (χ2v) is 6.55. The number of nitrogens with zero attached hydrogens (tertiary/aromatic N) is 2. The van der Waals surface area contributed by atoms with E-state index in [4.69, 9.17) is 16.1 Å². The summed E-state index contributed by atoms with van der Waals surface area (Å²) in [5.41, 5.74) is 0.849. The topological polar surface area (TPSA) is 68.0 Å². The molecule has 8 heteroatoms. The highest BCUT2D eigenvalue weighted by molar-refractivity contribution is 9.10. The molecule has 0 saturated heterocycles. The number of hydrogen-bond donors (Lipinski definition) is 1. The first-order chi connectivity index (χ1) is 12.0. The zero-order valence-corrected chi connectivity index (χ0v) is 15.1. The van der Waals surface area contributed by atoms with Crippen LogP contribution in [0, 0.1) is 5.82 Å². The fourth-order valence-electron chi connectivity index (χ4n) is 2.13. The van der Waals surface area contributed by atoms with Crippen LogP contribution in [-0.2, 0) is 11.2 Å². The van der Waals surface area contributed by atoms with Gasteiger partial charge >= 0.3 is 0 Å². The van der Waals surface area contributed by atoms with Crippen LogP contribution in [0.4, 0.5) is 10.1 Å². The molecule has 0 atom stereocenters. The molecule has 3 aromatic rings. The van der Waals surface area contributed by atoms with Gasteiger partial charge in [-0.05, 0) is 30.3 Å². The molecular formula is C17H12BrClFN3O2. The van der Waals surface area contributed by atoms with E-state index >= 15 is 0 Å². The fraction of sp³-hybridized carbons (Fsp3) is 0.118. The number of aryl methyl sites for hydroxylation is 1. The van der Waals surface area contributed by atoms with Crippen molar-refractivity contribution in [2.24, 2.45) is 0 Å². The average Bonchev–Trinajstić information content (AvgIpc) is 3.05. The molecule has 0 aliphatic rings. The third-order valence-corrected chi connectivity index (χ3v) is 4.05. The van der Waals surface area contributed by atoms with Gasteiger partial charge in [-0.25, -0.2) is 4.39 Å². The Morgan fingerprint density at radius 1 is 1.28 bits per heavy atom. The molecule has 0 spiro atoms. The van der Waals surface area contributed by atoms with E-state index in [2.05, 4.69) is 31.4 Å². The first kappa shape index (κ1) is 17.6. The number of amides is 1. The van der Waals surface area contributed by atoms with Crippen molar-refractivity contribution in [3.05, 3.63) is 63.7 Å². The summed E-state index contributed by atoms with van der Waals surface area (Å²) in [7, 11) is 0. The standard InChI is InChI=1S/C17H12BrClFN3O2/c18-11-4-5-14(13(20)9-11)21-15(24)6-7-16-22-17(23-25-16)10-2-1-3-12(19)8-10/h1-5,8-9H,6-7H2,(H,21,24). The van der Waals surface area contributed by atoms with Crippen LogP contribution >= 0.6 is 27.5 Å². The van der Waals surface area contributed by atoms with Crippen molar-refractivity contribution >= 4 is 39.1 Å². The van der Waals surface area contributed by atoms with Crippen molar-refractivity contribution in [2.75, 3.05) is 5.32 Å². The second kappa shape index (κ2) is 7.76. The molecule has 0 fully saturated rings. The van der Waals surface area contributed by atoms with E-state index in [0.717, 1.165) is 5.56 Å². The number of hydrogen-bond acceptors (Lipinski definition) is 4. The average molecular weight is 425 g/mol. The van der Waals surface area contributed by atoms with E-state index in [-0.39, 0.29) is 24.4 Å². The summed E-state index contributed by atoms with van der Waals surface area (Å²) >= 11 is 9.09.